The number of nitrogens with two attached hydrogens (primary N) is 1. The topological polar surface area (TPSA) is 68.3 Å². The van der Waals surface area contributed by atoms with E-state index < -0.39 is 0 Å². The lowest BCUT2D eigenvalue weighted by atomic mass is 9.83. The van der Waals surface area contributed by atoms with Gasteiger partial charge < -0.3 is 15.2 Å². The van der Waals surface area contributed by atoms with Crippen molar-refractivity contribution in [2.24, 2.45) is 18.7 Å². The quantitative estimate of drug-likeness (QED) is 0.895. The van der Waals surface area contributed by atoms with Crippen molar-refractivity contribution in [2.45, 2.75) is 31.7 Å². The van der Waals surface area contributed by atoms with Gasteiger partial charge in [-0.3, -0.25) is 9.59 Å². The summed E-state index contributed by atoms with van der Waals surface area (Å²) in [5, 5.41) is 0. The van der Waals surface area contributed by atoms with Crippen LogP contribution < -0.4 is 11.3 Å². The molecule has 1 aromatic rings. The van der Waals surface area contributed by atoms with E-state index in [1.807, 2.05) is 7.05 Å². The Morgan fingerprint density at radius 2 is 2.15 bits per heavy atom. The minimum absolute atomic E-state index is 0.0898. The van der Waals surface area contributed by atoms with E-state index in [2.05, 4.69) is 0 Å². The number of hydrogen-bond acceptors (Lipinski definition) is 3. The van der Waals surface area contributed by atoms with Crippen LogP contribution in [-0.4, -0.2) is 35.0 Å². The van der Waals surface area contributed by atoms with Gasteiger partial charge >= 0.3 is 0 Å². The van der Waals surface area contributed by atoms with Crippen LogP contribution in [0.15, 0.2) is 23.1 Å². The van der Waals surface area contributed by atoms with Crippen LogP contribution in [0.4, 0.5) is 0 Å². The zero-order valence-electron chi connectivity index (χ0n) is 12.2. The van der Waals surface area contributed by atoms with E-state index in [9.17, 15) is 9.59 Å². The Bertz CT molecular complexity index is 538. The molecule has 2 rings (SSSR count). The lowest BCUT2D eigenvalue weighted by molar-refractivity contribution is 0.0620. The van der Waals surface area contributed by atoms with Gasteiger partial charge in [-0.25, -0.2) is 0 Å². The molecule has 1 heterocycles. The number of aromatic nitrogens is 1. The summed E-state index contributed by atoms with van der Waals surface area (Å²) in [5.74, 6) is 0.275. The van der Waals surface area contributed by atoms with Crippen molar-refractivity contribution in [2.75, 3.05) is 13.6 Å². The zero-order valence-corrected chi connectivity index (χ0v) is 12.2. The average molecular weight is 277 g/mol. The highest BCUT2D eigenvalue weighted by molar-refractivity contribution is 5.94. The Balaban J connectivity index is 2.18. The number of carbonyl (C=O) groups is 1. The number of aryl methyl sites for hydroxylation is 1. The summed E-state index contributed by atoms with van der Waals surface area (Å²) in [5.41, 5.74) is 6.11. The number of rotatable bonds is 3. The van der Waals surface area contributed by atoms with Crippen molar-refractivity contribution in [3.05, 3.63) is 34.2 Å². The van der Waals surface area contributed by atoms with Gasteiger partial charge in [0.15, 0.2) is 0 Å². The molecule has 0 spiro atoms. The summed E-state index contributed by atoms with van der Waals surface area (Å²) in [6, 6.07) is 3.28. The van der Waals surface area contributed by atoms with Gasteiger partial charge in [-0.2, -0.15) is 0 Å². The summed E-state index contributed by atoms with van der Waals surface area (Å²) in [7, 11) is 3.49. The first-order chi connectivity index (χ1) is 9.54. The molecular weight excluding hydrogens is 254 g/mol. The first-order valence-electron chi connectivity index (χ1n) is 7.18. The van der Waals surface area contributed by atoms with Crippen LogP contribution >= 0.6 is 0 Å². The van der Waals surface area contributed by atoms with E-state index in [1.54, 1.807) is 24.2 Å². The molecule has 1 saturated carbocycles. The zero-order chi connectivity index (χ0) is 14.7. The molecule has 1 amide bonds. The van der Waals surface area contributed by atoms with Crippen LogP contribution in [0.2, 0.25) is 0 Å². The predicted octanol–water partition coefficient (Wildman–Crippen LogP) is 0.975. The highest BCUT2D eigenvalue weighted by Gasteiger charge is 2.30. The fourth-order valence-corrected chi connectivity index (χ4v) is 3.01. The Labute approximate surface area is 119 Å². The summed E-state index contributed by atoms with van der Waals surface area (Å²) >= 11 is 0. The molecule has 1 aromatic heterocycles. The molecule has 5 nitrogen and oxygen atoms in total. The molecule has 2 unspecified atom stereocenters. The van der Waals surface area contributed by atoms with E-state index in [4.69, 9.17) is 5.73 Å². The molecule has 0 aromatic carbocycles. The lowest BCUT2D eigenvalue weighted by Gasteiger charge is -2.37. The number of pyridine rings is 1. The van der Waals surface area contributed by atoms with E-state index in [1.165, 1.54) is 17.1 Å². The highest BCUT2D eigenvalue weighted by Crippen LogP contribution is 2.27. The fourth-order valence-electron chi connectivity index (χ4n) is 3.01. The van der Waals surface area contributed by atoms with Gasteiger partial charge in [0.25, 0.3) is 11.5 Å². The van der Waals surface area contributed by atoms with Gasteiger partial charge in [0.1, 0.15) is 0 Å². The predicted molar refractivity (Wildman–Crippen MR) is 78.6 cm³/mol. The molecule has 5 heteroatoms. The van der Waals surface area contributed by atoms with Crippen molar-refractivity contribution in [3.8, 4) is 0 Å². The molecule has 2 atom stereocenters. The fraction of sp³-hybridized carbons (Fsp3) is 0.600. The molecule has 0 saturated heterocycles. The molecule has 0 radical (unpaired) electrons. The molecule has 110 valence electrons. The van der Waals surface area contributed by atoms with Crippen LogP contribution in [-0.2, 0) is 7.05 Å². The molecule has 1 aliphatic rings. The van der Waals surface area contributed by atoms with Crippen molar-refractivity contribution < 1.29 is 4.79 Å². The average Bonchev–Trinajstić information content (AvgIpc) is 2.48. The summed E-state index contributed by atoms with van der Waals surface area (Å²) in [6.45, 7) is 0.610. The SMILES string of the molecule is CN(C(=O)c1ccn(C)c(=O)c1)C1CCCCC1CN. The molecule has 2 N–H and O–H groups in total. The van der Waals surface area contributed by atoms with Gasteiger partial charge in [0.2, 0.25) is 0 Å². The minimum Gasteiger partial charge on any atom is -0.338 e. The third kappa shape index (κ3) is 2.93. The Kier molecular flexibility index (Phi) is 4.60. The normalized spacial score (nSPS) is 22.6. The maximum Gasteiger partial charge on any atom is 0.254 e. The smallest absolute Gasteiger partial charge is 0.254 e. The van der Waals surface area contributed by atoms with Crippen LogP contribution in [0, 0.1) is 5.92 Å². The third-order valence-corrected chi connectivity index (χ3v) is 4.34. The Morgan fingerprint density at radius 1 is 1.45 bits per heavy atom. The van der Waals surface area contributed by atoms with Gasteiger partial charge in [0, 0.05) is 38.0 Å². The summed E-state index contributed by atoms with van der Waals surface area (Å²) in [6.07, 6.45) is 6.02. The van der Waals surface area contributed by atoms with E-state index >= 15 is 0 Å². The molecule has 0 aliphatic heterocycles. The Hall–Kier alpha value is -1.62. The second-order valence-corrected chi connectivity index (χ2v) is 5.63. The largest absolute Gasteiger partial charge is 0.338 e. The highest BCUT2D eigenvalue weighted by atomic mass is 16.2. The maximum absolute atomic E-state index is 12.5. The molecule has 1 fully saturated rings. The van der Waals surface area contributed by atoms with Crippen LogP contribution in [0.3, 0.4) is 0 Å². The van der Waals surface area contributed by atoms with E-state index in [-0.39, 0.29) is 17.5 Å². The first kappa shape index (κ1) is 14.8. The van der Waals surface area contributed by atoms with Crippen LogP contribution in [0.5, 0.6) is 0 Å². The van der Waals surface area contributed by atoms with Crippen molar-refractivity contribution in [1.82, 2.24) is 9.47 Å². The van der Waals surface area contributed by atoms with Gasteiger partial charge in [0.05, 0.1) is 0 Å². The molecule has 0 bridgehead atoms. The number of amides is 1. The number of carbonyl (C=O) groups excluding carboxylic acids is 1. The van der Waals surface area contributed by atoms with Gasteiger partial charge in [-0.1, -0.05) is 12.8 Å². The van der Waals surface area contributed by atoms with E-state index in [0.29, 0.717) is 18.0 Å². The van der Waals surface area contributed by atoms with Crippen molar-refractivity contribution in [1.29, 1.82) is 0 Å². The van der Waals surface area contributed by atoms with Crippen LogP contribution in [0.1, 0.15) is 36.0 Å². The lowest BCUT2D eigenvalue weighted by Crippen LogP contribution is -2.46. The summed E-state index contributed by atoms with van der Waals surface area (Å²) < 4.78 is 1.46. The third-order valence-electron chi connectivity index (χ3n) is 4.34. The standard InChI is InChI=1S/C15H23N3O2/c1-17-8-7-11(9-14(17)19)15(20)18(2)13-6-4-3-5-12(13)10-16/h7-9,12-13H,3-6,10,16H2,1-2H3. The van der Waals surface area contributed by atoms with Gasteiger partial charge in [-0.15, -0.1) is 0 Å². The van der Waals surface area contributed by atoms with Gasteiger partial charge in [-0.05, 0) is 31.4 Å². The van der Waals surface area contributed by atoms with Crippen molar-refractivity contribution in [3.63, 3.8) is 0 Å². The number of nitrogens with zero attached hydrogens (tertiary/aromatic N) is 2. The molecule has 1 aliphatic carbocycles. The minimum atomic E-state index is -0.164. The van der Waals surface area contributed by atoms with Crippen molar-refractivity contribution >= 4 is 5.91 Å². The summed E-state index contributed by atoms with van der Waals surface area (Å²) in [4.78, 5) is 25.9. The van der Waals surface area contributed by atoms with E-state index in [0.717, 1.165) is 19.3 Å². The number of hydrogen-bond donors (Lipinski definition) is 1. The molecular formula is C15H23N3O2. The maximum atomic E-state index is 12.5. The Morgan fingerprint density at radius 3 is 2.80 bits per heavy atom. The molecule has 20 heavy (non-hydrogen) atoms. The monoisotopic (exact) mass is 277 g/mol. The first-order valence-corrected chi connectivity index (χ1v) is 7.18. The van der Waals surface area contributed by atoms with Crippen LogP contribution in [0.25, 0.3) is 0 Å². The second-order valence-electron chi connectivity index (χ2n) is 5.63. The second kappa shape index (κ2) is 6.22.